The van der Waals surface area contributed by atoms with Gasteiger partial charge in [0.15, 0.2) is 11.0 Å². The van der Waals surface area contributed by atoms with Crippen molar-refractivity contribution in [2.75, 3.05) is 31.9 Å². The van der Waals surface area contributed by atoms with Gasteiger partial charge in [0.1, 0.15) is 0 Å². The molecule has 0 unspecified atom stereocenters. The molecule has 170 valence electrons. The molecule has 1 saturated heterocycles. The van der Waals surface area contributed by atoms with Crippen molar-refractivity contribution in [3.8, 4) is 11.4 Å². The van der Waals surface area contributed by atoms with Crippen molar-refractivity contribution < 1.29 is 13.2 Å². The minimum atomic E-state index is -3.57. The quantitative estimate of drug-likeness (QED) is 0.501. The lowest BCUT2D eigenvalue weighted by atomic mass is 10.2. The molecule has 2 aromatic rings. The molecule has 0 N–H and O–H groups in total. The number of hydrogen-bond donors (Lipinski definition) is 0. The van der Waals surface area contributed by atoms with E-state index in [1.54, 1.807) is 18.2 Å². The maximum Gasteiger partial charge on any atom is 0.243 e. The summed E-state index contributed by atoms with van der Waals surface area (Å²) in [4.78, 5) is 14.4. The highest BCUT2D eigenvalue weighted by Gasteiger charge is 2.24. The summed E-state index contributed by atoms with van der Waals surface area (Å²) in [5.41, 5.74) is 0.697. The van der Waals surface area contributed by atoms with E-state index in [0.29, 0.717) is 47.8 Å². The second kappa shape index (κ2) is 10.1. The Labute approximate surface area is 189 Å². The van der Waals surface area contributed by atoms with Crippen molar-refractivity contribution in [2.45, 2.75) is 50.7 Å². The largest absolute Gasteiger partial charge is 0.342 e. The molecule has 1 aliphatic heterocycles. The molecule has 8 nitrogen and oxygen atoms in total. The van der Waals surface area contributed by atoms with Gasteiger partial charge in [-0.25, -0.2) is 8.42 Å². The number of benzene rings is 1. The number of aromatic nitrogens is 3. The number of carbonyl (C=O) groups excluding carboxylic acids is 1. The molecule has 1 fully saturated rings. The van der Waals surface area contributed by atoms with Crippen LogP contribution >= 0.6 is 11.8 Å². The summed E-state index contributed by atoms with van der Waals surface area (Å²) >= 11 is 1.38. The minimum absolute atomic E-state index is 0.115. The normalized spacial score (nSPS) is 14.3. The summed E-state index contributed by atoms with van der Waals surface area (Å²) in [6.07, 6.45) is 1.07. The number of rotatable bonds is 10. The summed E-state index contributed by atoms with van der Waals surface area (Å²) in [7, 11) is -3.57. The molecule has 0 aliphatic carbocycles. The van der Waals surface area contributed by atoms with Crippen LogP contribution in [-0.4, -0.2) is 70.2 Å². The van der Waals surface area contributed by atoms with Gasteiger partial charge in [0, 0.05) is 38.3 Å². The Morgan fingerprint density at radius 1 is 1.19 bits per heavy atom. The zero-order valence-electron chi connectivity index (χ0n) is 18.6. The Balaban J connectivity index is 1.91. The lowest BCUT2D eigenvalue weighted by Gasteiger charge is -2.30. The van der Waals surface area contributed by atoms with Crippen LogP contribution in [0.15, 0.2) is 34.3 Å². The van der Waals surface area contributed by atoms with E-state index < -0.39 is 10.0 Å². The summed E-state index contributed by atoms with van der Waals surface area (Å²) in [6.45, 7) is 11.0. The minimum Gasteiger partial charge on any atom is -0.342 e. The lowest BCUT2D eigenvalue weighted by Crippen LogP contribution is -2.43. The highest BCUT2D eigenvalue weighted by atomic mass is 32.2. The van der Waals surface area contributed by atoms with Crippen LogP contribution in [0.2, 0.25) is 0 Å². The Morgan fingerprint density at radius 3 is 2.48 bits per heavy atom. The van der Waals surface area contributed by atoms with E-state index in [1.165, 1.54) is 16.1 Å². The number of amides is 1. The van der Waals surface area contributed by atoms with Gasteiger partial charge >= 0.3 is 0 Å². The van der Waals surface area contributed by atoms with E-state index in [-0.39, 0.29) is 10.8 Å². The SMILES string of the molecule is CCN(CC)S(=O)(=O)c1cccc(-c2nnc(SCC(=O)N3CCC3)n2CC(C)C)c1. The van der Waals surface area contributed by atoms with Crippen molar-refractivity contribution in [2.24, 2.45) is 5.92 Å². The van der Waals surface area contributed by atoms with Gasteiger partial charge in [-0.2, -0.15) is 4.31 Å². The van der Waals surface area contributed by atoms with E-state index in [2.05, 4.69) is 24.0 Å². The molecular formula is C21H31N5O3S2. The molecule has 0 spiro atoms. The van der Waals surface area contributed by atoms with E-state index in [0.717, 1.165) is 19.5 Å². The summed E-state index contributed by atoms with van der Waals surface area (Å²) in [5.74, 6) is 1.39. The van der Waals surface area contributed by atoms with Gasteiger partial charge in [0.2, 0.25) is 15.9 Å². The fraction of sp³-hybridized carbons (Fsp3) is 0.571. The molecule has 31 heavy (non-hydrogen) atoms. The number of carbonyl (C=O) groups is 1. The average Bonchev–Trinajstić information content (AvgIpc) is 3.07. The summed E-state index contributed by atoms with van der Waals surface area (Å²) < 4.78 is 29.3. The fourth-order valence-electron chi connectivity index (χ4n) is 3.43. The maximum absolute atomic E-state index is 13.0. The summed E-state index contributed by atoms with van der Waals surface area (Å²) in [6, 6.07) is 6.86. The number of thioether (sulfide) groups is 1. The molecule has 1 aromatic heterocycles. The van der Waals surface area contributed by atoms with Gasteiger partial charge in [-0.15, -0.1) is 10.2 Å². The third-order valence-electron chi connectivity index (χ3n) is 5.23. The molecule has 0 atom stereocenters. The van der Waals surface area contributed by atoms with Crippen molar-refractivity contribution in [3.63, 3.8) is 0 Å². The van der Waals surface area contributed by atoms with Gasteiger partial charge in [0.25, 0.3) is 0 Å². The van der Waals surface area contributed by atoms with Crippen LogP contribution in [0.4, 0.5) is 0 Å². The standard InChI is InChI=1S/C21H31N5O3S2/c1-5-25(6-2)31(28,29)18-10-7-9-17(13-18)20-22-23-21(26(20)14-16(3)4)30-15-19(27)24-11-8-12-24/h7,9-10,13,16H,5-6,8,11-12,14-15H2,1-4H3. The van der Waals surface area contributed by atoms with Crippen LogP contribution in [0.25, 0.3) is 11.4 Å². The van der Waals surface area contributed by atoms with Crippen LogP contribution in [-0.2, 0) is 21.4 Å². The van der Waals surface area contributed by atoms with Crippen molar-refractivity contribution in [1.29, 1.82) is 0 Å². The average molecular weight is 466 g/mol. The van der Waals surface area contributed by atoms with Gasteiger partial charge in [-0.1, -0.05) is 51.6 Å². The van der Waals surface area contributed by atoms with E-state index >= 15 is 0 Å². The monoisotopic (exact) mass is 465 g/mol. The van der Waals surface area contributed by atoms with E-state index in [9.17, 15) is 13.2 Å². The predicted octanol–water partition coefficient (Wildman–Crippen LogP) is 2.96. The van der Waals surface area contributed by atoms with Crippen LogP contribution in [0.3, 0.4) is 0 Å². The first kappa shape index (κ1) is 23.7. The van der Waals surface area contributed by atoms with E-state index in [4.69, 9.17) is 0 Å². The van der Waals surface area contributed by atoms with Gasteiger partial charge in [0.05, 0.1) is 10.6 Å². The zero-order chi connectivity index (χ0) is 22.6. The third kappa shape index (κ3) is 5.30. The number of nitrogens with zero attached hydrogens (tertiary/aromatic N) is 5. The predicted molar refractivity (Wildman–Crippen MR) is 122 cm³/mol. The van der Waals surface area contributed by atoms with Crippen LogP contribution in [0, 0.1) is 5.92 Å². The Bertz CT molecular complexity index is 1010. The first-order valence-electron chi connectivity index (χ1n) is 10.7. The molecule has 10 heteroatoms. The maximum atomic E-state index is 13.0. The Hall–Kier alpha value is -1.91. The molecule has 1 aromatic carbocycles. The van der Waals surface area contributed by atoms with E-state index in [1.807, 2.05) is 29.4 Å². The second-order valence-electron chi connectivity index (χ2n) is 7.95. The Kier molecular flexibility index (Phi) is 7.77. The van der Waals surface area contributed by atoms with Crippen molar-refractivity contribution >= 4 is 27.7 Å². The second-order valence-corrected chi connectivity index (χ2v) is 10.8. The summed E-state index contributed by atoms with van der Waals surface area (Å²) in [5, 5.41) is 9.36. The molecule has 1 amide bonds. The third-order valence-corrected chi connectivity index (χ3v) is 8.23. The molecule has 1 aliphatic rings. The smallest absolute Gasteiger partial charge is 0.243 e. The zero-order valence-corrected chi connectivity index (χ0v) is 20.2. The molecule has 2 heterocycles. The molecule has 0 saturated carbocycles. The molecule has 0 bridgehead atoms. The molecule has 3 rings (SSSR count). The van der Waals surface area contributed by atoms with Gasteiger partial charge in [-0.05, 0) is 24.5 Å². The van der Waals surface area contributed by atoms with Crippen LogP contribution in [0.5, 0.6) is 0 Å². The van der Waals surface area contributed by atoms with Crippen LogP contribution in [0.1, 0.15) is 34.1 Å². The van der Waals surface area contributed by atoms with Crippen molar-refractivity contribution in [3.05, 3.63) is 24.3 Å². The highest BCUT2D eigenvalue weighted by Crippen LogP contribution is 2.28. The molecular weight excluding hydrogens is 434 g/mol. The number of sulfonamides is 1. The van der Waals surface area contributed by atoms with Gasteiger partial charge in [-0.3, -0.25) is 4.79 Å². The Morgan fingerprint density at radius 2 is 1.90 bits per heavy atom. The van der Waals surface area contributed by atoms with Gasteiger partial charge < -0.3 is 9.47 Å². The molecule has 0 radical (unpaired) electrons. The highest BCUT2D eigenvalue weighted by molar-refractivity contribution is 7.99. The first-order chi connectivity index (χ1) is 14.8. The number of likely N-dealkylation sites (tertiary alicyclic amines) is 1. The number of hydrogen-bond acceptors (Lipinski definition) is 6. The first-order valence-corrected chi connectivity index (χ1v) is 13.1. The van der Waals surface area contributed by atoms with Crippen LogP contribution < -0.4 is 0 Å². The van der Waals surface area contributed by atoms with Crippen molar-refractivity contribution in [1.82, 2.24) is 24.0 Å². The fourth-order valence-corrected chi connectivity index (χ4v) is 5.79. The topological polar surface area (TPSA) is 88.4 Å². The lowest BCUT2D eigenvalue weighted by molar-refractivity contribution is -0.131.